The molecule has 0 bridgehead atoms. The van der Waals surface area contributed by atoms with Crippen molar-refractivity contribution in [1.29, 1.82) is 0 Å². The normalized spacial score (nSPS) is 9.79. The second-order valence-electron chi connectivity index (χ2n) is 3.91. The maximum atomic E-state index is 11.9. The van der Waals surface area contributed by atoms with Gasteiger partial charge in [0.2, 0.25) is 5.91 Å². The van der Waals surface area contributed by atoms with Gasteiger partial charge < -0.3 is 5.32 Å². The Hall–Kier alpha value is -1.10. The molecule has 0 aliphatic rings. The number of carbonyl (C=O) groups excluding carboxylic acids is 1. The molecule has 0 spiro atoms. The molecule has 1 aromatic heterocycles. The van der Waals surface area contributed by atoms with E-state index in [0.717, 1.165) is 22.0 Å². The zero-order valence-electron chi connectivity index (χ0n) is 10.4. The summed E-state index contributed by atoms with van der Waals surface area (Å²) in [5.41, 5.74) is 2.71. The van der Waals surface area contributed by atoms with E-state index in [9.17, 15) is 4.79 Å². The second kappa shape index (κ2) is 7.48. The van der Waals surface area contributed by atoms with E-state index in [1.54, 1.807) is 0 Å². The van der Waals surface area contributed by atoms with Gasteiger partial charge in [-0.2, -0.15) is 0 Å². The van der Waals surface area contributed by atoms with Crippen molar-refractivity contribution in [1.82, 2.24) is 4.98 Å². The maximum absolute atomic E-state index is 11.9. The number of hydrogen-bond donors (Lipinski definition) is 1. The summed E-state index contributed by atoms with van der Waals surface area (Å²) in [5, 5.41) is 5.55. The summed E-state index contributed by atoms with van der Waals surface area (Å²) >= 11 is 7.13. The summed E-state index contributed by atoms with van der Waals surface area (Å²) in [7, 11) is 0. The molecule has 19 heavy (non-hydrogen) atoms. The third-order valence-corrected chi connectivity index (χ3v) is 3.64. The van der Waals surface area contributed by atoms with Gasteiger partial charge in [-0.15, -0.1) is 35.3 Å². The number of thiazole rings is 1. The first-order valence-corrected chi connectivity index (χ1v) is 6.95. The average Bonchev–Trinajstić information content (AvgIpc) is 2.80. The summed E-state index contributed by atoms with van der Waals surface area (Å²) in [6.45, 7) is 1.96. The molecule has 6 heteroatoms. The Morgan fingerprint density at radius 1 is 1.42 bits per heavy atom. The van der Waals surface area contributed by atoms with Crippen LogP contribution in [0, 0.1) is 6.92 Å². The molecule has 1 N–H and O–H groups in total. The molecule has 0 aliphatic heterocycles. The van der Waals surface area contributed by atoms with Crippen molar-refractivity contribution in [2.24, 2.45) is 0 Å². The fourth-order valence-electron chi connectivity index (χ4n) is 1.54. The number of nitrogens with zero attached hydrogens (tertiary/aromatic N) is 1. The molecular formula is C13H14Cl2N2OS. The summed E-state index contributed by atoms with van der Waals surface area (Å²) in [6.07, 6.45) is 0.288. The number of rotatable bonds is 4. The van der Waals surface area contributed by atoms with E-state index in [0.29, 0.717) is 5.88 Å². The molecule has 3 nitrogen and oxygen atoms in total. The van der Waals surface area contributed by atoms with Crippen LogP contribution in [0.2, 0.25) is 0 Å². The number of para-hydroxylation sites is 1. The van der Waals surface area contributed by atoms with Crippen LogP contribution in [0.1, 0.15) is 16.3 Å². The molecule has 2 aromatic rings. The van der Waals surface area contributed by atoms with Crippen molar-refractivity contribution in [3.8, 4) is 0 Å². The Morgan fingerprint density at radius 2 is 2.16 bits per heavy atom. The van der Waals surface area contributed by atoms with E-state index in [4.69, 9.17) is 11.6 Å². The molecule has 0 saturated heterocycles. The molecular weight excluding hydrogens is 303 g/mol. The van der Waals surface area contributed by atoms with Crippen LogP contribution in [0.15, 0.2) is 29.6 Å². The minimum atomic E-state index is -0.0558. The first kappa shape index (κ1) is 16.0. The lowest BCUT2D eigenvalue weighted by atomic mass is 10.2. The van der Waals surface area contributed by atoms with E-state index in [2.05, 4.69) is 10.3 Å². The van der Waals surface area contributed by atoms with Crippen LogP contribution in [0.25, 0.3) is 0 Å². The smallest absolute Gasteiger partial charge is 0.231 e. The van der Waals surface area contributed by atoms with Crippen LogP contribution in [-0.4, -0.2) is 10.9 Å². The Balaban J connectivity index is 0.00000180. The third-order valence-electron chi connectivity index (χ3n) is 2.47. The molecule has 102 valence electrons. The highest BCUT2D eigenvalue weighted by Crippen LogP contribution is 2.15. The molecule has 0 fully saturated rings. The van der Waals surface area contributed by atoms with Gasteiger partial charge in [0.15, 0.2) is 0 Å². The number of amides is 1. The summed E-state index contributed by atoms with van der Waals surface area (Å²) < 4.78 is 0. The summed E-state index contributed by atoms with van der Waals surface area (Å²) in [5.74, 6) is 0.329. The topological polar surface area (TPSA) is 42.0 Å². The average molecular weight is 317 g/mol. The third kappa shape index (κ3) is 4.49. The monoisotopic (exact) mass is 316 g/mol. The minimum Gasteiger partial charge on any atom is -0.325 e. The number of carbonyl (C=O) groups is 1. The van der Waals surface area contributed by atoms with E-state index in [-0.39, 0.29) is 24.7 Å². The van der Waals surface area contributed by atoms with E-state index < -0.39 is 0 Å². The highest BCUT2D eigenvalue weighted by molar-refractivity contribution is 7.09. The number of anilines is 1. The van der Waals surface area contributed by atoms with Crippen molar-refractivity contribution in [2.75, 3.05) is 5.32 Å². The van der Waals surface area contributed by atoms with Gasteiger partial charge in [-0.3, -0.25) is 4.79 Å². The van der Waals surface area contributed by atoms with Gasteiger partial charge in [0.05, 0.1) is 18.0 Å². The molecule has 0 atom stereocenters. The van der Waals surface area contributed by atoms with Crippen LogP contribution >= 0.6 is 35.3 Å². The van der Waals surface area contributed by atoms with Gasteiger partial charge in [-0.1, -0.05) is 18.2 Å². The second-order valence-corrected chi connectivity index (χ2v) is 5.12. The molecule has 0 saturated carbocycles. The Bertz CT molecular complexity index is 557. The zero-order chi connectivity index (χ0) is 13.0. The van der Waals surface area contributed by atoms with Gasteiger partial charge in [0, 0.05) is 11.1 Å². The van der Waals surface area contributed by atoms with Crippen LogP contribution in [0.5, 0.6) is 0 Å². The lowest BCUT2D eigenvalue weighted by Gasteiger charge is -2.06. The molecule has 2 rings (SSSR count). The van der Waals surface area contributed by atoms with E-state index in [1.165, 1.54) is 11.3 Å². The number of nitrogens with one attached hydrogen (secondary N) is 1. The number of aromatic nitrogens is 1. The zero-order valence-corrected chi connectivity index (χ0v) is 12.7. The molecule has 1 heterocycles. The van der Waals surface area contributed by atoms with Crippen LogP contribution in [-0.2, 0) is 17.1 Å². The summed E-state index contributed by atoms with van der Waals surface area (Å²) in [4.78, 5) is 16.1. The van der Waals surface area contributed by atoms with Gasteiger partial charge in [0.25, 0.3) is 0 Å². The number of halogens is 2. The lowest BCUT2D eigenvalue weighted by Crippen LogP contribution is -2.15. The number of aryl methyl sites for hydroxylation is 1. The maximum Gasteiger partial charge on any atom is 0.231 e. The Morgan fingerprint density at radius 3 is 2.79 bits per heavy atom. The minimum absolute atomic E-state index is 0. The largest absolute Gasteiger partial charge is 0.325 e. The predicted octanol–water partition coefficient (Wildman–Crippen LogP) is 3.79. The lowest BCUT2D eigenvalue weighted by molar-refractivity contribution is -0.115. The Labute approximate surface area is 127 Å². The van der Waals surface area contributed by atoms with Crippen molar-refractivity contribution in [3.05, 3.63) is 45.9 Å². The van der Waals surface area contributed by atoms with Crippen molar-refractivity contribution in [3.63, 3.8) is 0 Å². The fraction of sp³-hybridized carbons (Fsp3) is 0.231. The molecule has 1 aromatic carbocycles. The fourth-order valence-corrected chi connectivity index (χ4v) is 2.56. The number of benzene rings is 1. The van der Waals surface area contributed by atoms with Gasteiger partial charge in [-0.05, 0) is 18.6 Å². The Kier molecular flexibility index (Phi) is 6.28. The van der Waals surface area contributed by atoms with Crippen molar-refractivity contribution < 1.29 is 4.79 Å². The quantitative estimate of drug-likeness (QED) is 0.872. The van der Waals surface area contributed by atoms with Crippen LogP contribution in [0.4, 0.5) is 5.69 Å². The van der Waals surface area contributed by atoms with Crippen LogP contribution < -0.4 is 5.32 Å². The highest BCUT2D eigenvalue weighted by atomic mass is 35.5. The highest BCUT2D eigenvalue weighted by Gasteiger charge is 2.08. The standard InChI is InChI=1S/C13H13ClN2OS.ClH/c1-9-4-2-3-5-11(9)16-12(17)6-13-15-10(7-14)8-18-13;/h2-5,8H,6-7H2,1H3,(H,16,17);1H. The SMILES string of the molecule is Cc1ccccc1NC(=O)Cc1nc(CCl)cs1.Cl. The first-order chi connectivity index (χ1) is 8.69. The van der Waals surface area contributed by atoms with Crippen molar-refractivity contribution >= 4 is 46.9 Å². The van der Waals surface area contributed by atoms with Gasteiger partial charge >= 0.3 is 0 Å². The summed E-state index contributed by atoms with van der Waals surface area (Å²) in [6, 6.07) is 7.69. The van der Waals surface area contributed by atoms with Gasteiger partial charge in [0.1, 0.15) is 5.01 Å². The van der Waals surface area contributed by atoms with E-state index >= 15 is 0 Å². The molecule has 0 aliphatic carbocycles. The first-order valence-electron chi connectivity index (χ1n) is 5.54. The number of alkyl halides is 1. The molecule has 0 unspecified atom stereocenters. The van der Waals surface area contributed by atoms with Crippen LogP contribution in [0.3, 0.4) is 0 Å². The molecule has 0 radical (unpaired) electrons. The molecule has 1 amide bonds. The predicted molar refractivity (Wildman–Crippen MR) is 82.4 cm³/mol. The van der Waals surface area contributed by atoms with E-state index in [1.807, 2.05) is 36.6 Å². The van der Waals surface area contributed by atoms with Gasteiger partial charge in [-0.25, -0.2) is 4.98 Å². The van der Waals surface area contributed by atoms with Crippen molar-refractivity contribution in [2.45, 2.75) is 19.2 Å². The number of hydrogen-bond acceptors (Lipinski definition) is 3.